The molecule has 4 heteroatoms. The van der Waals surface area contributed by atoms with Gasteiger partial charge in [-0.1, -0.05) is 200 Å². The van der Waals surface area contributed by atoms with Crippen LogP contribution < -0.4 is 14.5 Å². The summed E-state index contributed by atoms with van der Waals surface area (Å²) < 4.78 is 9.49. The maximum absolute atomic E-state index is 7.01. The Morgan fingerprint density at radius 3 is 1.99 bits per heavy atom. The number of ether oxygens (including phenoxy) is 1. The van der Waals surface area contributed by atoms with E-state index in [0.717, 1.165) is 74.0 Å². The van der Waals surface area contributed by atoms with Crippen molar-refractivity contribution in [1.82, 2.24) is 0 Å². The standard InChI is InChI=1S/C71H48N2OS/c1-4-19-47(20-5-1)50-24-16-28-53(43-50)72(54-29-17-25-51(44-54)48-21-6-2-7-22-48)55-39-42-68-61(45-55)60-32-18-35-66(70(60)75-68)73(52-26-8-3-9-27-52)56-38-40-59-58-31-12-13-33-62(58)71(65(59)46-56)63-34-14-15-36-67(63)74-69-57-30-11-10-23-49(57)37-41-64(69)71/h1-24,26-46,51H,25H2. The molecule has 75 heavy (non-hydrogen) atoms. The van der Waals surface area contributed by atoms with Crippen LogP contribution in [0.4, 0.5) is 28.4 Å². The van der Waals surface area contributed by atoms with Crippen molar-refractivity contribution < 1.29 is 4.74 Å². The molecule has 0 N–H and O–H groups in total. The van der Waals surface area contributed by atoms with Crippen molar-refractivity contribution in [2.75, 3.05) is 9.80 Å². The van der Waals surface area contributed by atoms with Crippen LogP contribution in [0, 0.1) is 0 Å². The number of para-hydroxylation sites is 2. The molecule has 0 radical (unpaired) electrons. The third kappa shape index (κ3) is 6.87. The van der Waals surface area contributed by atoms with Crippen LogP contribution >= 0.6 is 11.3 Å². The molecular weight excluding hydrogens is 929 g/mol. The Kier molecular flexibility index (Phi) is 10.1. The molecule has 1 aliphatic heterocycles. The summed E-state index contributed by atoms with van der Waals surface area (Å²) in [5.74, 6) is 2.07. The molecule has 0 saturated heterocycles. The van der Waals surface area contributed by atoms with E-state index < -0.39 is 5.41 Å². The molecule has 15 rings (SSSR count). The minimum absolute atomic E-state index is 0.266. The van der Waals surface area contributed by atoms with Gasteiger partial charge in [-0.2, -0.15) is 0 Å². The lowest BCUT2D eigenvalue weighted by atomic mass is 9.65. The molecule has 0 fully saturated rings. The van der Waals surface area contributed by atoms with Crippen LogP contribution in [0.5, 0.6) is 11.5 Å². The van der Waals surface area contributed by atoms with E-state index in [0.29, 0.717) is 0 Å². The number of fused-ring (bicyclic) bond motifs is 14. The van der Waals surface area contributed by atoms with Crippen molar-refractivity contribution in [2.24, 2.45) is 0 Å². The van der Waals surface area contributed by atoms with Gasteiger partial charge in [0.05, 0.1) is 15.8 Å². The minimum atomic E-state index is -0.630. The molecule has 0 bridgehead atoms. The Labute approximate surface area is 440 Å². The van der Waals surface area contributed by atoms with Crippen molar-refractivity contribution in [3.8, 4) is 33.8 Å². The number of thiophene rings is 1. The highest BCUT2D eigenvalue weighted by molar-refractivity contribution is 7.26. The summed E-state index contributed by atoms with van der Waals surface area (Å²) in [7, 11) is 0. The summed E-state index contributed by atoms with van der Waals surface area (Å²) >= 11 is 1.87. The van der Waals surface area contributed by atoms with Gasteiger partial charge in [-0.25, -0.2) is 0 Å². The molecule has 2 atom stereocenters. The molecule has 354 valence electrons. The van der Waals surface area contributed by atoms with Crippen LogP contribution in [-0.4, -0.2) is 0 Å². The Morgan fingerprint density at radius 1 is 0.440 bits per heavy atom. The fraction of sp³-hybridized carbons (Fsp3) is 0.0423. The SMILES string of the molecule is C1=CC(N(c2cccc(-c3ccccc3)c2)c2ccc3sc4c(N(c5ccccc5)c5ccc6c(c5)C5(c7ccccc7Oc7c5ccc5ccccc75)c5ccccc5-6)cccc4c3c2)=CC(c2ccccc2)C1. The van der Waals surface area contributed by atoms with E-state index in [1.165, 1.54) is 59.1 Å². The maximum atomic E-state index is 7.01. The summed E-state index contributed by atoms with van der Waals surface area (Å²) in [5.41, 5.74) is 17.1. The van der Waals surface area contributed by atoms with Gasteiger partial charge in [-0.05, 0) is 124 Å². The minimum Gasteiger partial charge on any atom is -0.456 e. The second kappa shape index (κ2) is 17.5. The zero-order chi connectivity index (χ0) is 49.5. The highest BCUT2D eigenvalue weighted by atomic mass is 32.1. The van der Waals surface area contributed by atoms with E-state index >= 15 is 0 Å². The predicted molar refractivity (Wildman–Crippen MR) is 314 cm³/mol. The summed E-state index contributed by atoms with van der Waals surface area (Å²) in [6.07, 6.45) is 8.06. The molecule has 0 saturated carbocycles. The molecule has 3 nitrogen and oxygen atoms in total. The molecular formula is C71H48N2OS. The van der Waals surface area contributed by atoms with Gasteiger partial charge >= 0.3 is 0 Å². The molecule has 3 aliphatic rings. The normalized spacial score (nSPS) is 16.0. The zero-order valence-corrected chi connectivity index (χ0v) is 41.8. The molecule has 1 spiro atoms. The van der Waals surface area contributed by atoms with Gasteiger partial charge in [0.25, 0.3) is 0 Å². The molecule has 2 aliphatic carbocycles. The molecule has 11 aromatic carbocycles. The largest absolute Gasteiger partial charge is 0.456 e. The van der Waals surface area contributed by atoms with Crippen LogP contribution in [0.1, 0.15) is 40.2 Å². The Morgan fingerprint density at radius 2 is 1.11 bits per heavy atom. The van der Waals surface area contributed by atoms with Crippen molar-refractivity contribution in [3.63, 3.8) is 0 Å². The van der Waals surface area contributed by atoms with Gasteiger partial charge in [-0.3, -0.25) is 0 Å². The molecule has 1 aromatic heterocycles. The van der Waals surface area contributed by atoms with Gasteiger partial charge in [0, 0.05) is 66.3 Å². The lowest BCUT2D eigenvalue weighted by Gasteiger charge is -2.40. The topological polar surface area (TPSA) is 15.7 Å². The third-order valence-corrected chi connectivity index (χ3v) is 17.0. The van der Waals surface area contributed by atoms with Crippen molar-refractivity contribution in [2.45, 2.75) is 17.8 Å². The Hall–Kier alpha value is -9.22. The predicted octanol–water partition coefficient (Wildman–Crippen LogP) is 19.6. The summed E-state index contributed by atoms with van der Waals surface area (Å²) in [6.45, 7) is 0. The fourth-order valence-electron chi connectivity index (χ4n) is 12.5. The Balaban J connectivity index is 0.915. The number of allylic oxidation sites excluding steroid dienone is 3. The number of rotatable bonds is 8. The zero-order valence-electron chi connectivity index (χ0n) is 41.0. The molecule has 2 heterocycles. The fourth-order valence-corrected chi connectivity index (χ4v) is 13.7. The van der Waals surface area contributed by atoms with Crippen LogP contribution in [-0.2, 0) is 5.41 Å². The average molecular weight is 977 g/mol. The van der Waals surface area contributed by atoms with E-state index in [2.05, 4.69) is 283 Å². The molecule has 2 unspecified atom stereocenters. The smallest absolute Gasteiger partial charge is 0.140 e. The number of anilines is 5. The summed E-state index contributed by atoms with van der Waals surface area (Å²) in [5, 5.41) is 4.74. The molecule has 0 amide bonds. The summed E-state index contributed by atoms with van der Waals surface area (Å²) in [4.78, 5) is 4.93. The number of hydrogen-bond donors (Lipinski definition) is 0. The van der Waals surface area contributed by atoms with Crippen LogP contribution in [0.15, 0.2) is 279 Å². The average Bonchev–Trinajstić information content (AvgIpc) is 4.19. The van der Waals surface area contributed by atoms with Crippen molar-refractivity contribution >= 4 is 70.7 Å². The second-order valence-electron chi connectivity index (χ2n) is 19.9. The van der Waals surface area contributed by atoms with E-state index in [1.807, 2.05) is 11.3 Å². The quantitative estimate of drug-likeness (QED) is 0.151. The second-order valence-corrected chi connectivity index (χ2v) is 20.9. The van der Waals surface area contributed by atoms with E-state index in [9.17, 15) is 0 Å². The maximum Gasteiger partial charge on any atom is 0.140 e. The highest BCUT2D eigenvalue weighted by Gasteiger charge is 2.51. The van der Waals surface area contributed by atoms with Gasteiger partial charge in [0.1, 0.15) is 11.5 Å². The van der Waals surface area contributed by atoms with Crippen LogP contribution in [0.3, 0.4) is 0 Å². The lowest BCUT2D eigenvalue weighted by molar-refractivity contribution is 0.441. The lowest BCUT2D eigenvalue weighted by Crippen LogP contribution is -2.32. The van der Waals surface area contributed by atoms with Gasteiger partial charge in [0.15, 0.2) is 0 Å². The first kappa shape index (κ1) is 43.4. The highest BCUT2D eigenvalue weighted by Crippen LogP contribution is 2.64. The first-order chi connectivity index (χ1) is 37.2. The van der Waals surface area contributed by atoms with E-state index in [4.69, 9.17) is 4.74 Å². The first-order valence-corrected chi connectivity index (χ1v) is 26.7. The van der Waals surface area contributed by atoms with Crippen molar-refractivity contribution in [1.29, 1.82) is 0 Å². The van der Waals surface area contributed by atoms with Gasteiger partial charge in [0.2, 0.25) is 0 Å². The Bertz CT molecular complexity index is 4270. The van der Waals surface area contributed by atoms with Gasteiger partial charge in [-0.15, -0.1) is 11.3 Å². The van der Waals surface area contributed by atoms with E-state index in [-0.39, 0.29) is 5.92 Å². The number of nitrogens with zero attached hydrogens (tertiary/aromatic N) is 2. The number of benzene rings is 11. The number of hydrogen-bond acceptors (Lipinski definition) is 4. The first-order valence-electron chi connectivity index (χ1n) is 25.9. The summed E-state index contributed by atoms with van der Waals surface area (Å²) in [6, 6.07) is 93.5. The van der Waals surface area contributed by atoms with Crippen molar-refractivity contribution in [3.05, 3.63) is 307 Å². The van der Waals surface area contributed by atoms with Crippen LogP contribution in [0.25, 0.3) is 53.2 Å². The van der Waals surface area contributed by atoms with Gasteiger partial charge < -0.3 is 14.5 Å². The van der Waals surface area contributed by atoms with Crippen LogP contribution in [0.2, 0.25) is 0 Å². The van der Waals surface area contributed by atoms with E-state index in [1.54, 1.807) is 0 Å². The molecule has 12 aromatic rings. The third-order valence-electron chi connectivity index (χ3n) is 15.8. The monoisotopic (exact) mass is 976 g/mol.